The summed E-state index contributed by atoms with van der Waals surface area (Å²) in [7, 11) is 1.49. The predicted octanol–water partition coefficient (Wildman–Crippen LogP) is 3.40. The minimum atomic E-state index is -0.0423. The standard InChI is InChI=1S/C13H24O2/c1-10(2)12(9-13(14)15-3)11-7-5-4-6-8-11/h10-12H,4-9H2,1-3H3. The lowest BCUT2D eigenvalue weighted by molar-refractivity contribution is -0.142. The van der Waals surface area contributed by atoms with Gasteiger partial charge in [-0.3, -0.25) is 4.79 Å². The van der Waals surface area contributed by atoms with Gasteiger partial charge in [-0.25, -0.2) is 0 Å². The Labute approximate surface area is 93.4 Å². The van der Waals surface area contributed by atoms with Crippen LogP contribution in [-0.2, 0) is 9.53 Å². The maximum absolute atomic E-state index is 11.3. The van der Waals surface area contributed by atoms with E-state index in [1.807, 2.05) is 0 Å². The molecule has 0 spiro atoms. The topological polar surface area (TPSA) is 26.3 Å². The highest BCUT2D eigenvalue weighted by molar-refractivity contribution is 5.69. The van der Waals surface area contributed by atoms with Gasteiger partial charge in [-0.2, -0.15) is 0 Å². The smallest absolute Gasteiger partial charge is 0.305 e. The van der Waals surface area contributed by atoms with Gasteiger partial charge in [0.15, 0.2) is 0 Å². The van der Waals surface area contributed by atoms with E-state index in [4.69, 9.17) is 4.74 Å². The fourth-order valence-corrected chi connectivity index (χ4v) is 2.78. The number of hydrogen-bond donors (Lipinski definition) is 0. The number of rotatable bonds is 4. The van der Waals surface area contributed by atoms with Crippen molar-refractivity contribution in [3.05, 3.63) is 0 Å². The van der Waals surface area contributed by atoms with Crippen LogP contribution < -0.4 is 0 Å². The maximum atomic E-state index is 11.3. The van der Waals surface area contributed by atoms with Crippen LogP contribution in [0.1, 0.15) is 52.4 Å². The Bertz CT molecular complexity index is 193. The molecule has 0 heterocycles. The summed E-state index contributed by atoms with van der Waals surface area (Å²) in [5.74, 6) is 1.82. The number of carbonyl (C=O) groups is 1. The predicted molar refractivity (Wildman–Crippen MR) is 61.5 cm³/mol. The highest BCUT2D eigenvalue weighted by Gasteiger charge is 2.28. The van der Waals surface area contributed by atoms with Crippen molar-refractivity contribution in [2.24, 2.45) is 17.8 Å². The molecule has 1 unspecified atom stereocenters. The second kappa shape index (κ2) is 6.14. The zero-order valence-corrected chi connectivity index (χ0v) is 10.3. The van der Waals surface area contributed by atoms with Gasteiger partial charge in [-0.15, -0.1) is 0 Å². The SMILES string of the molecule is COC(=O)CC(C(C)C)C1CCCCC1. The monoisotopic (exact) mass is 212 g/mol. The number of esters is 1. The summed E-state index contributed by atoms with van der Waals surface area (Å²) >= 11 is 0. The van der Waals surface area contributed by atoms with Gasteiger partial charge in [0.1, 0.15) is 0 Å². The lowest BCUT2D eigenvalue weighted by Gasteiger charge is -2.32. The van der Waals surface area contributed by atoms with Crippen molar-refractivity contribution in [2.45, 2.75) is 52.4 Å². The largest absolute Gasteiger partial charge is 0.469 e. The lowest BCUT2D eigenvalue weighted by Crippen LogP contribution is -2.25. The first-order chi connectivity index (χ1) is 7.15. The molecule has 0 bridgehead atoms. The van der Waals surface area contributed by atoms with E-state index < -0.39 is 0 Å². The van der Waals surface area contributed by atoms with E-state index in [1.54, 1.807) is 0 Å². The van der Waals surface area contributed by atoms with Crippen molar-refractivity contribution in [3.8, 4) is 0 Å². The van der Waals surface area contributed by atoms with E-state index in [9.17, 15) is 4.79 Å². The van der Waals surface area contributed by atoms with Crippen LogP contribution in [-0.4, -0.2) is 13.1 Å². The minimum Gasteiger partial charge on any atom is -0.469 e. The van der Waals surface area contributed by atoms with E-state index in [2.05, 4.69) is 13.8 Å². The molecular formula is C13H24O2. The lowest BCUT2D eigenvalue weighted by atomic mass is 9.73. The Morgan fingerprint density at radius 2 is 1.87 bits per heavy atom. The first kappa shape index (κ1) is 12.5. The maximum Gasteiger partial charge on any atom is 0.305 e. The van der Waals surface area contributed by atoms with Gasteiger partial charge < -0.3 is 4.74 Å². The number of methoxy groups -OCH3 is 1. The van der Waals surface area contributed by atoms with E-state index in [1.165, 1.54) is 39.2 Å². The van der Waals surface area contributed by atoms with Crippen molar-refractivity contribution in [1.82, 2.24) is 0 Å². The molecular weight excluding hydrogens is 188 g/mol. The summed E-state index contributed by atoms with van der Waals surface area (Å²) in [5.41, 5.74) is 0. The molecule has 0 aromatic carbocycles. The summed E-state index contributed by atoms with van der Waals surface area (Å²) in [5, 5.41) is 0. The van der Waals surface area contributed by atoms with Gasteiger partial charge in [0.05, 0.1) is 7.11 Å². The van der Waals surface area contributed by atoms with Gasteiger partial charge in [-0.05, 0) is 17.8 Å². The Morgan fingerprint density at radius 1 is 1.27 bits per heavy atom. The normalized spacial score (nSPS) is 20.3. The zero-order chi connectivity index (χ0) is 11.3. The molecule has 1 aliphatic carbocycles. The van der Waals surface area contributed by atoms with Crippen LogP contribution in [0.2, 0.25) is 0 Å². The quantitative estimate of drug-likeness (QED) is 0.668. The summed E-state index contributed by atoms with van der Waals surface area (Å²) in [6.45, 7) is 4.45. The third kappa shape index (κ3) is 3.84. The molecule has 0 saturated heterocycles. The molecule has 0 radical (unpaired) electrons. The third-order valence-electron chi connectivity index (χ3n) is 3.74. The molecule has 1 saturated carbocycles. The molecule has 1 atom stereocenters. The minimum absolute atomic E-state index is 0.0423. The highest BCUT2D eigenvalue weighted by atomic mass is 16.5. The van der Waals surface area contributed by atoms with Gasteiger partial charge >= 0.3 is 5.97 Å². The number of carbonyl (C=O) groups excluding carboxylic acids is 1. The molecule has 0 amide bonds. The second-order valence-electron chi connectivity index (χ2n) is 5.09. The summed E-state index contributed by atoms with van der Waals surface area (Å²) < 4.78 is 4.78. The average molecular weight is 212 g/mol. The molecule has 0 aromatic rings. The van der Waals surface area contributed by atoms with Crippen molar-refractivity contribution in [2.75, 3.05) is 7.11 Å². The molecule has 15 heavy (non-hydrogen) atoms. The summed E-state index contributed by atoms with van der Waals surface area (Å²) in [4.78, 5) is 11.3. The first-order valence-corrected chi connectivity index (χ1v) is 6.22. The Kier molecular flexibility index (Phi) is 5.13. The number of hydrogen-bond acceptors (Lipinski definition) is 2. The van der Waals surface area contributed by atoms with Crippen molar-refractivity contribution in [3.63, 3.8) is 0 Å². The third-order valence-corrected chi connectivity index (χ3v) is 3.74. The fraction of sp³-hybridized carbons (Fsp3) is 0.923. The molecule has 1 rings (SSSR count). The van der Waals surface area contributed by atoms with E-state index >= 15 is 0 Å². The fourth-order valence-electron chi connectivity index (χ4n) is 2.78. The number of ether oxygens (including phenoxy) is 1. The Morgan fingerprint density at radius 3 is 2.33 bits per heavy atom. The van der Waals surface area contributed by atoms with Gasteiger partial charge in [0.2, 0.25) is 0 Å². The van der Waals surface area contributed by atoms with Crippen LogP contribution in [0.4, 0.5) is 0 Å². The highest BCUT2D eigenvalue weighted by Crippen LogP contribution is 2.35. The van der Waals surface area contributed by atoms with Gasteiger partial charge in [0, 0.05) is 6.42 Å². The van der Waals surface area contributed by atoms with Crippen LogP contribution in [0, 0.1) is 17.8 Å². The van der Waals surface area contributed by atoms with Crippen molar-refractivity contribution < 1.29 is 9.53 Å². The molecule has 88 valence electrons. The van der Waals surface area contributed by atoms with Crippen LogP contribution in [0.15, 0.2) is 0 Å². The van der Waals surface area contributed by atoms with Crippen molar-refractivity contribution in [1.29, 1.82) is 0 Å². The molecule has 0 aromatic heterocycles. The molecule has 0 N–H and O–H groups in total. The molecule has 2 heteroatoms. The van der Waals surface area contributed by atoms with Crippen LogP contribution >= 0.6 is 0 Å². The van der Waals surface area contributed by atoms with E-state index in [-0.39, 0.29) is 5.97 Å². The Hall–Kier alpha value is -0.530. The summed E-state index contributed by atoms with van der Waals surface area (Å²) in [6, 6.07) is 0. The van der Waals surface area contributed by atoms with E-state index in [0.29, 0.717) is 18.3 Å². The second-order valence-corrected chi connectivity index (χ2v) is 5.09. The first-order valence-electron chi connectivity index (χ1n) is 6.22. The molecule has 0 aliphatic heterocycles. The van der Waals surface area contributed by atoms with E-state index in [0.717, 1.165) is 5.92 Å². The van der Waals surface area contributed by atoms with Crippen molar-refractivity contribution >= 4 is 5.97 Å². The van der Waals surface area contributed by atoms with Crippen LogP contribution in [0.5, 0.6) is 0 Å². The van der Waals surface area contributed by atoms with Gasteiger partial charge in [0.25, 0.3) is 0 Å². The Balaban J connectivity index is 2.51. The van der Waals surface area contributed by atoms with Crippen LogP contribution in [0.25, 0.3) is 0 Å². The molecule has 2 nitrogen and oxygen atoms in total. The molecule has 1 aliphatic rings. The molecule has 1 fully saturated rings. The van der Waals surface area contributed by atoms with Crippen LogP contribution in [0.3, 0.4) is 0 Å². The summed E-state index contributed by atoms with van der Waals surface area (Å²) in [6.07, 6.45) is 7.28. The van der Waals surface area contributed by atoms with Gasteiger partial charge in [-0.1, -0.05) is 46.0 Å². The zero-order valence-electron chi connectivity index (χ0n) is 10.3. The average Bonchev–Trinajstić information content (AvgIpc) is 2.26.